The van der Waals surface area contributed by atoms with Gasteiger partial charge in [-0.2, -0.15) is 0 Å². The Morgan fingerprint density at radius 2 is 1.88 bits per heavy atom. The molecule has 0 aromatic carbocycles. The van der Waals surface area contributed by atoms with Crippen molar-refractivity contribution in [3.8, 4) is 11.4 Å². The van der Waals surface area contributed by atoms with Gasteiger partial charge in [0.2, 0.25) is 0 Å². The maximum atomic E-state index is 11.7. The molecule has 2 rings (SSSR count). The van der Waals surface area contributed by atoms with Gasteiger partial charge in [-0.05, 0) is 12.2 Å². The van der Waals surface area contributed by atoms with Gasteiger partial charge in [0, 0.05) is 6.07 Å². The van der Waals surface area contributed by atoms with E-state index in [4.69, 9.17) is 23.7 Å². The van der Waals surface area contributed by atoms with E-state index in [1.807, 2.05) is 0 Å². The number of hydrogen-bond donors (Lipinski definition) is 5. The Balaban J connectivity index is 2.81. The molecule has 17 heavy (non-hydrogen) atoms. The van der Waals surface area contributed by atoms with Crippen LogP contribution in [0.25, 0.3) is 11.4 Å². The molecule has 0 bridgehead atoms. The summed E-state index contributed by atoms with van der Waals surface area (Å²) in [5.74, 6) is -0.0162. The van der Waals surface area contributed by atoms with Gasteiger partial charge in [0.1, 0.15) is 17.2 Å². The number of hydrogen-bond acceptors (Lipinski definition) is 6. The predicted octanol–water partition coefficient (Wildman–Crippen LogP) is -0.653. The number of nitrogens with zero attached hydrogens (tertiary/aromatic N) is 1. The Labute approximate surface area is 98.7 Å². The minimum absolute atomic E-state index is 0.00694. The molecule has 0 aliphatic rings. The minimum atomic E-state index is -0.556. The first-order valence-corrected chi connectivity index (χ1v) is 4.87. The number of anilines is 2. The van der Waals surface area contributed by atoms with Crippen molar-refractivity contribution in [2.24, 2.45) is 0 Å². The molecule has 7 N–H and O–H groups in total. The molecule has 0 fully saturated rings. The van der Waals surface area contributed by atoms with Crippen LogP contribution in [0.4, 0.5) is 11.6 Å². The zero-order chi connectivity index (χ0) is 12.6. The SMILES string of the molecule is Nc1cc(=O)[nH]c(-c2c(N)[nH]c(=S)[nH]c2=O)n1. The lowest BCUT2D eigenvalue weighted by atomic mass is 10.3. The molecule has 2 aromatic heterocycles. The Morgan fingerprint density at radius 1 is 1.18 bits per heavy atom. The monoisotopic (exact) mass is 252 g/mol. The molecule has 0 spiro atoms. The van der Waals surface area contributed by atoms with E-state index in [-0.39, 0.29) is 27.8 Å². The molecule has 88 valence electrons. The standard InChI is InChI=1S/C8H8N6O2S/c9-2-1-3(15)12-6(11-2)4-5(10)13-8(17)14-7(4)16/h1H,(H3,9,11,12,15)(H4,10,13,14,16,17). The van der Waals surface area contributed by atoms with Gasteiger partial charge in [-0.1, -0.05) is 0 Å². The van der Waals surface area contributed by atoms with Crippen LogP contribution in [0.3, 0.4) is 0 Å². The summed E-state index contributed by atoms with van der Waals surface area (Å²) in [6.45, 7) is 0. The van der Waals surface area contributed by atoms with Crippen molar-refractivity contribution in [3.63, 3.8) is 0 Å². The molecule has 0 aliphatic heterocycles. The van der Waals surface area contributed by atoms with Crippen LogP contribution in [0.1, 0.15) is 0 Å². The van der Waals surface area contributed by atoms with Gasteiger partial charge >= 0.3 is 0 Å². The second kappa shape index (κ2) is 3.87. The quantitative estimate of drug-likeness (QED) is 0.426. The average Bonchev–Trinajstić information content (AvgIpc) is 2.13. The Morgan fingerprint density at radius 3 is 2.47 bits per heavy atom. The van der Waals surface area contributed by atoms with Gasteiger partial charge in [0.15, 0.2) is 10.6 Å². The number of H-pyrrole nitrogens is 3. The second-order valence-corrected chi connectivity index (χ2v) is 3.62. The molecule has 0 aliphatic carbocycles. The van der Waals surface area contributed by atoms with E-state index in [1.165, 1.54) is 0 Å². The summed E-state index contributed by atoms with van der Waals surface area (Å²) in [5, 5.41) is 0. The molecule has 0 atom stereocenters. The first kappa shape index (κ1) is 11.1. The maximum Gasteiger partial charge on any atom is 0.264 e. The van der Waals surface area contributed by atoms with Crippen LogP contribution in [0, 0.1) is 4.77 Å². The van der Waals surface area contributed by atoms with Crippen LogP contribution in [-0.2, 0) is 0 Å². The van der Waals surface area contributed by atoms with E-state index in [9.17, 15) is 9.59 Å². The number of nitrogens with two attached hydrogens (primary N) is 2. The first-order chi connectivity index (χ1) is 7.97. The third-order valence-electron chi connectivity index (χ3n) is 1.97. The van der Waals surface area contributed by atoms with Crippen LogP contribution in [0.15, 0.2) is 15.7 Å². The molecule has 2 aromatic rings. The molecule has 0 saturated heterocycles. The van der Waals surface area contributed by atoms with Crippen molar-refractivity contribution in [3.05, 3.63) is 31.5 Å². The lowest BCUT2D eigenvalue weighted by molar-refractivity contribution is 1.06. The van der Waals surface area contributed by atoms with E-state index in [0.717, 1.165) is 6.07 Å². The number of nitrogens with one attached hydrogen (secondary N) is 3. The molecule has 2 heterocycles. The highest BCUT2D eigenvalue weighted by molar-refractivity contribution is 7.71. The zero-order valence-electron chi connectivity index (χ0n) is 8.40. The smallest absolute Gasteiger partial charge is 0.264 e. The summed E-state index contributed by atoms with van der Waals surface area (Å²) in [7, 11) is 0. The number of rotatable bonds is 1. The van der Waals surface area contributed by atoms with Gasteiger partial charge in [-0.3, -0.25) is 14.6 Å². The Kier molecular flexibility index (Phi) is 2.52. The number of nitrogen functional groups attached to an aromatic ring is 2. The van der Waals surface area contributed by atoms with E-state index < -0.39 is 11.1 Å². The lowest BCUT2D eigenvalue weighted by Gasteiger charge is -2.03. The van der Waals surface area contributed by atoms with Crippen LogP contribution < -0.4 is 22.6 Å². The van der Waals surface area contributed by atoms with Crippen LogP contribution in [0.2, 0.25) is 0 Å². The van der Waals surface area contributed by atoms with Crippen molar-refractivity contribution >= 4 is 23.9 Å². The molecule has 0 radical (unpaired) electrons. The van der Waals surface area contributed by atoms with Crippen LogP contribution >= 0.6 is 12.2 Å². The fourth-order valence-corrected chi connectivity index (χ4v) is 1.54. The van der Waals surface area contributed by atoms with E-state index in [2.05, 4.69) is 19.9 Å². The van der Waals surface area contributed by atoms with Crippen molar-refractivity contribution in [1.29, 1.82) is 0 Å². The van der Waals surface area contributed by atoms with Gasteiger partial charge in [0.05, 0.1) is 0 Å². The summed E-state index contributed by atoms with van der Waals surface area (Å²) in [6, 6.07) is 1.10. The molecule has 0 amide bonds. The van der Waals surface area contributed by atoms with Crippen molar-refractivity contribution in [2.75, 3.05) is 11.5 Å². The third-order valence-corrected chi connectivity index (χ3v) is 2.17. The van der Waals surface area contributed by atoms with Crippen molar-refractivity contribution < 1.29 is 0 Å². The molecule has 0 saturated carbocycles. The maximum absolute atomic E-state index is 11.7. The fraction of sp³-hybridized carbons (Fsp3) is 0. The van der Waals surface area contributed by atoms with Gasteiger partial charge < -0.3 is 21.4 Å². The highest BCUT2D eigenvalue weighted by Crippen LogP contribution is 2.14. The second-order valence-electron chi connectivity index (χ2n) is 3.22. The van der Waals surface area contributed by atoms with E-state index in [0.29, 0.717) is 0 Å². The highest BCUT2D eigenvalue weighted by atomic mass is 32.1. The van der Waals surface area contributed by atoms with Crippen LogP contribution in [0.5, 0.6) is 0 Å². The van der Waals surface area contributed by atoms with E-state index in [1.54, 1.807) is 0 Å². The summed E-state index contributed by atoms with van der Waals surface area (Å²) in [5.41, 5.74) is 9.98. The normalized spacial score (nSPS) is 10.4. The Bertz CT molecular complexity index is 743. The van der Waals surface area contributed by atoms with Crippen molar-refractivity contribution in [2.45, 2.75) is 0 Å². The Hall–Kier alpha value is -2.42. The minimum Gasteiger partial charge on any atom is -0.384 e. The third kappa shape index (κ3) is 2.08. The van der Waals surface area contributed by atoms with Gasteiger partial charge in [-0.25, -0.2) is 4.98 Å². The summed E-state index contributed by atoms with van der Waals surface area (Å²) < 4.78 is 0.0856. The summed E-state index contributed by atoms with van der Waals surface area (Å²) in [4.78, 5) is 34.0. The zero-order valence-corrected chi connectivity index (χ0v) is 9.22. The molecular weight excluding hydrogens is 244 g/mol. The summed E-state index contributed by atoms with van der Waals surface area (Å²) >= 11 is 4.74. The first-order valence-electron chi connectivity index (χ1n) is 4.46. The molecular formula is C8H8N6O2S. The van der Waals surface area contributed by atoms with Crippen LogP contribution in [-0.4, -0.2) is 19.9 Å². The number of aromatic nitrogens is 4. The van der Waals surface area contributed by atoms with Crippen molar-refractivity contribution in [1.82, 2.24) is 19.9 Å². The molecule has 9 heteroatoms. The van der Waals surface area contributed by atoms with E-state index >= 15 is 0 Å². The average molecular weight is 252 g/mol. The van der Waals surface area contributed by atoms with Gasteiger partial charge in [-0.15, -0.1) is 0 Å². The highest BCUT2D eigenvalue weighted by Gasteiger charge is 2.11. The fourth-order valence-electron chi connectivity index (χ4n) is 1.33. The molecule has 8 nitrogen and oxygen atoms in total. The summed E-state index contributed by atoms with van der Waals surface area (Å²) in [6.07, 6.45) is 0. The number of aromatic amines is 3. The largest absolute Gasteiger partial charge is 0.384 e. The topological polar surface area (TPSA) is 146 Å². The predicted molar refractivity (Wildman–Crippen MR) is 64.9 cm³/mol. The molecule has 0 unspecified atom stereocenters. The van der Waals surface area contributed by atoms with Gasteiger partial charge in [0.25, 0.3) is 11.1 Å². The lowest BCUT2D eigenvalue weighted by Crippen LogP contribution is -2.18.